The first-order chi connectivity index (χ1) is 5.99. The van der Waals surface area contributed by atoms with Crippen LogP contribution in [-0.2, 0) is 0 Å². The first-order valence-corrected chi connectivity index (χ1v) is 5.37. The second-order valence-electron chi connectivity index (χ2n) is 5.04. The van der Waals surface area contributed by atoms with Gasteiger partial charge in [-0.3, -0.25) is 0 Å². The molecule has 0 bridgehead atoms. The number of hydrogen-bond donors (Lipinski definition) is 1. The van der Waals surface area contributed by atoms with Crippen LogP contribution in [0.4, 0.5) is 0 Å². The number of allylic oxidation sites excluding steroid dienone is 1. The van der Waals surface area contributed by atoms with Gasteiger partial charge < -0.3 is 5.32 Å². The molecule has 1 N–H and O–H groups in total. The van der Waals surface area contributed by atoms with Crippen molar-refractivity contribution < 1.29 is 0 Å². The summed E-state index contributed by atoms with van der Waals surface area (Å²) in [6, 6.07) is 0. The maximum absolute atomic E-state index is 4.11. The van der Waals surface area contributed by atoms with Crippen LogP contribution in [-0.4, -0.2) is 7.05 Å². The summed E-state index contributed by atoms with van der Waals surface area (Å²) in [6.45, 7) is 11.1. The molecule has 2 unspecified atom stereocenters. The summed E-state index contributed by atoms with van der Waals surface area (Å²) in [7, 11) is 1.98. The fourth-order valence-corrected chi connectivity index (χ4v) is 2.43. The van der Waals surface area contributed by atoms with Gasteiger partial charge in [-0.15, -0.1) is 0 Å². The zero-order valence-corrected chi connectivity index (χ0v) is 9.48. The molecule has 0 radical (unpaired) electrons. The van der Waals surface area contributed by atoms with Crippen molar-refractivity contribution in [1.82, 2.24) is 5.32 Å². The van der Waals surface area contributed by atoms with Crippen molar-refractivity contribution in [2.75, 3.05) is 7.05 Å². The first kappa shape index (κ1) is 10.6. The SMILES string of the molecule is C=C(NC)C1(C)CCC(C(C)C)C1. The Hall–Kier alpha value is -0.460. The van der Waals surface area contributed by atoms with E-state index in [9.17, 15) is 0 Å². The molecule has 1 aliphatic rings. The van der Waals surface area contributed by atoms with E-state index in [1.54, 1.807) is 0 Å². The third-order valence-electron chi connectivity index (χ3n) is 3.75. The Labute approximate surface area is 82.6 Å². The van der Waals surface area contributed by atoms with E-state index >= 15 is 0 Å². The summed E-state index contributed by atoms with van der Waals surface area (Å²) in [6.07, 6.45) is 3.98. The van der Waals surface area contributed by atoms with E-state index in [2.05, 4.69) is 32.7 Å². The molecule has 1 nitrogen and oxygen atoms in total. The van der Waals surface area contributed by atoms with Crippen LogP contribution in [0.2, 0.25) is 0 Å². The van der Waals surface area contributed by atoms with Gasteiger partial charge in [0.2, 0.25) is 0 Å². The molecule has 13 heavy (non-hydrogen) atoms. The van der Waals surface area contributed by atoms with Gasteiger partial charge in [0.1, 0.15) is 0 Å². The number of rotatable bonds is 3. The fourth-order valence-electron chi connectivity index (χ4n) is 2.43. The Bertz CT molecular complexity index is 195. The minimum atomic E-state index is 0.351. The van der Waals surface area contributed by atoms with Gasteiger partial charge in [-0.2, -0.15) is 0 Å². The van der Waals surface area contributed by atoms with Crippen molar-refractivity contribution in [3.8, 4) is 0 Å². The van der Waals surface area contributed by atoms with Crippen LogP contribution in [0.3, 0.4) is 0 Å². The van der Waals surface area contributed by atoms with Crippen molar-refractivity contribution in [2.45, 2.75) is 40.0 Å². The molecule has 0 aromatic heterocycles. The molecule has 0 aliphatic heterocycles. The van der Waals surface area contributed by atoms with Gasteiger partial charge >= 0.3 is 0 Å². The third-order valence-corrected chi connectivity index (χ3v) is 3.75. The summed E-state index contributed by atoms with van der Waals surface area (Å²) in [5.41, 5.74) is 1.57. The van der Waals surface area contributed by atoms with Gasteiger partial charge in [-0.25, -0.2) is 0 Å². The third kappa shape index (κ3) is 2.07. The van der Waals surface area contributed by atoms with Crippen molar-refractivity contribution >= 4 is 0 Å². The van der Waals surface area contributed by atoms with Crippen molar-refractivity contribution in [3.05, 3.63) is 12.3 Å². The molecule has 1 fully saturated rings. The van der Waals surface area contributed by atoms with E-state index in [1.807, 2.05) is 7.05 Å². The summed E-state index contributed by atoms with van der Waals surface area (Å²) >= 11 is 0. The highest BCUT2D eigenvalue weighted by Gasteiger charge is 2.37. The predicted octanol–water partition coefficient (Wildman–Crippen LogP) is 3.18. The van der Waals surface area contributed by atoms with Crippen LogP contribution in [0, 0.1) is 17.3 Å². The van der Waals surface area contributed by atoms with Crippen LogP contribution in [0.25, 0.3) is 0 Å². The van der Waals surface area contributed by atoms with Crippen LogP contribution in [0.1, 0.15) is 40.0 Å². The summed E-state index contributed by atoms with van der Waals surface area (Å²) < 4.78 is 0. The zero-order chi connectivity index (χ0) is 10.1. The fraction of sp³-hybridized carbons (Fsp3) is 0.833. The smallest absolute Gasteiger partial charge is 0.00913 e. The number of nitrogens with one attached hydrogen (secondary N) is 1. The zero-order valence-electron chi connectivity index (χ0n) is 9.48. The minimum absolute atomic E-state index is 0.351. The summed E-state index contributed by atoms with van der Waals surface area (Å²) in [5.74, 6) is 1.72. The van der Waals surface area contributed by atoms with Gasteiger partial charge in [-0.1, -0.05) is 27.4 Å². The van der Waals surface area contributed by atoms with Crippen LogP contribution < -0.4 is 5.32 Å². The van der Waals surface area contributed by atoms with E-state index < -0.39 is 0 Å². The van der Waals surface area contributed by atoms with Crippen molar-refractivity contribution in [2.24, 2.45) is 17.3 Å². The van der Waals surface area contributed by atoms with Crippen molar-refractivity contribution in [1.29, 1.82) is 0 Å². The quantitative estimate of drug-likeness (QED) is 0.705. The largest absolute Gasteiger partial charge is 0.391 e. The maximum Gasteiger partial charge on any atom is 0.00913 e. The summed E-state index contributed by atoms with van der Waals surface area (Å²) in [4.78, 5) is 0. The Morgan fingerprint density at radius 1 is 1.54 bits per heavy atom. The average molecular weight is 181 g/mol. The monoisotopic (exact) mass is 181 g/mol. The number of hydrogen-bond acceptors (Lipinski definition) is 1. The van der Waals surface area contributed by atoms with Gasteiger partial charge in [0, 0.05) is 18.2 Å². The molecule has 0 amide bonds. The molecule has 0 aromatic carbocycles. The molecule has 1 rings (SSSR count). The van der Waals surface area contributed by atoms with Crippen molar-refractivity contribution in [3.63, 3.8) is 0 Å². The highest BCUT2D eigenvalue weighted by atomic mass is 14.9. The summed E-state index contributed by atoms with van der Waals surface area (Å²) in [5, 5.41) is 3.21. The minimum Gasteiger partial charge on any atom is -0.391 e. The molecular weight excluding hydrogens is 158 g/mol. The molecular formula is C12H23N. The Balaban J connectivity index is 2.61. The molecule has 0 saturated heterocycles. The molecule has 0 heterocycles. The normalized spacial score (nSPS) is 33.8. The van der Waals surface area contributed by atoms with E-state index in [1.165, 1.54) is 25.0 Å². The Morgan fingerprint density at radius 3 is 2.54 bits per heavy atom. The molecule has 0 aromatic rings. The molecule has 1 heteroatoms. The molecule has 2 atom stereocenters. The van der Waals surface area contributed by atoms with Crippen LogP contribution in [0.5, 0.6) is 0 Å². The lowest BCUT2D eigenvalue weighted by molar-refractivity contribution is 0.330. The lowest BCUT2D eigenvalue weighted by Gasteiger charge is -2.27. The van der Waals surface area contributed by atoms with Gasteiger partial charge in [-0.05, 0) is 31.1 Å². The van der Waals surface area contributed by atoms with E-state index in [-0.39, 0.29) is 0 Å². The first-order valence-electron chi connectivity index (χ1n) is 5.37. The van der Waals surface area contributed by atoms with Crippen LogP contribution >= 0.6 is 0 Å². The van der Waals surface area contributed by atoms with E-state index in [0.717, 1.165) is 11.8 Å². The predicted molar refractivity (Wildman–Crippen MR) is 58.5 cm³/mol. The molecule has 1 aliphatic carbocycles. The topological polar surface area (TPSA) is 12.0 Å². The lowest BCUT2D eigenvalue weighted by Crippen LogP contribution is -2.24. The van der Waals surface area contributed by atoms with Crippen LogP contribution in [0.15, 0.2) is 12.3 Å². The maximum atomic E-state index is 4.11. The average Bonchev–Trinajstić information content (AvgIpc) is 2.48. The van der Waals surface area contributed by atoms with E-state index in [0.29, 0.717) is 5.41 Å². The van der Waals surface area contributed by atoms with Gasteiger partial charge in [0.05, 0.1) is 0 Å². The Morgan fingerprint density at radius 2 is 2.15 bits per heavy atom. The lowest BCUT2D eigenvalue weighted by atomic mass is 9.83. The highest BCUT2D eigenvalue weighted by molar-refractivity contribution is 5.09. The highest BCUT2D eigenvalue weighted by Crippen LogP contribution is 2.47. The van der Waals surface area contributed by atoms with Gasteiger partial charge in [0.25, 0.3) is 0 Å². The molecule has 76 valence electrons. The standard InChI is InChI=1S/C12H23N/c1-9(2)11-6-7-12(4,8-11)10(3)13-5/h9,11,13H,3,6-8H2,1-2,4-5H3. The Kier molecular flexibility index (Phi) is 3.05. The molecule has 1 saturated carbocycles. The van der Waals surface area contributed by atoms with E-state index in [4.69, 9.17) is 0 Å². The second-order valence-corrected chi connectivity index (χ2v) is 5.04. The second kappa shape index (κ2) is 3.73. The molecule has 0 spiro atoms. The van der Waals surface area contributed by atoms with Gasteiger partial charge in [0.15, 0.2) is 0 Å².